The minimum atomic E-state index is -3.79. The summed E-state index contributed by atoms with van der Waals surface area (Å²) >= 11 is 15.3. The molecule has 0 atom stereocenters. The molecule has 0 fully saturated rings. The smallest absolute Gasteiger partial charge is 0.208 e. The quantitative estimate of drug-likeness (QED) is 0.400. The molecule has 0 saturated heterocycles. The summed E-state index contributed by atoms with van der Waals surface area (Å²) in [6.07, 6.45) is 0. The van der Waals surface area contributed by atoms with E-state index in [-0.39, 0.29) is 9.80 Å². The topological polar surface area (TPSA) is 34.1 Å². The van der Waals surface area contributed by atoms with Crippen LogP contribution in [0.2, 0.25) is 10.0 Å². The van der Waals surface area contributed by atoms with Gasteiger partial charge in [-0.25, -0.2) is 8.42 Å². The molecule has 2 nitrogen and oxygen atoms in total. The number of halogens is 3. The van der Waals surface area contributed by atoms with Gasteiger partial charge in [-0.15, -0.1) is 0 Å². The van der Waals surface area contributed by atoms with E-state index in [0.29, 0.717) is 25.7 Å². The number of sulfone groups is 1. The van der Waals surface area contributed by atoms with Gasteiger partial charge in [-0.2, -0.15) is 0 Å². The Morgan fingerprint density at radius 2 is 1.19 bits per heavy atom. The summed E-state index contributed by atoms with van der Waals surface area (Å²) < 4.78 is 27.2. The zero-order valence-electron chi connectivity index (χ0n) is 13.4. The van der Waals surface area contributed by atoms with Crippen molar-refractivity contribution in [2.75, 3.05) is 0 Å². The standard InChI is InChI=1S/C20H13BrCl2O2S/c21-19(14-6-8-16(22)9-7-14)20(15-4-2-1-3-5-15)26(24,25)18-12-10-17(23)11-13-18/h1-13H/b20-19-. The average Bonchev–Trinajstić information content (AvgIpc) is 2.63. The monoisotopic (exact) mass is 466 g/mol. The van der Waals surface area contributed by atoms with Crippen LogP contribution in [0, 0.1) is 0 Å². The molecule has 0 radical (unpaired) electrons. The Kier molecular flexibility index (Phi) is 5.88. The van der Waals surface area contributed by atoms with Crippen molar-refractivity contribution in [3.05, 3.63) is 100 Å². The molecule has 0 saturated carbocycles. The van der Waals surface area contributed by atoms with Gasteiger partial charge in [0.15, 0.2) is 0 Å². The molecule has 0 unspecified atom stereocenters. The Hall–Kier alpha value is -1.59. The van der Waals surface area contributed by atoms with Crippen LogP contribution in [0.3, 0.4) is 0 Å². The fourth-order valence-corrected chi connectivity index (χ4v) is 5.36. The van der Waals surface area contributed by atoms with Crippen molar-refractivity contribution in [1.29, 1.82) is 0 Å². The zero-order valence-corrected chi connectivity index (χ0v) is 17.3. The molecule has 0 aliphatic rings. The fraction of sp³-hybridized carbons (Fsp3) is 0. The highest BCUT2D eigenvalue weighted by molar-refractivity contribution is 9.15. The lowest BCUT2D eigenvalue weighted by Gasteiger charge is -2.13. The third-order valence-electron chi connectivity index (χ3n) is 3.73. The van der Waals surface area contributed by atoms with Crippen molar-refractivity contribution in [3.63, 3.8) is 0 Å². The van der Waals surface area contributed by atoms with Gasteiger partial charge in [-0.05, 0) is 63.5 Å². The zero-order chi connectivity index (χ0) is 18.7. The maximum atomic E-state index is 13.4. The molecule has 0 N–H and O–H groups in total. The normalized spacial score (nSPS) is 12.6. The Morgan fingerprint density at radius 1 is 0.692 bits per heavy atom. The van der Waals surface area contributed by atoms with Gasteiger partial charge < -0.3 is 0 Å². The molecule has 0 aliphatic carbocycles. The first-order valence-electron chi connectivity index (χ1n) is 7.61. The van der Waals surface area contributed by atoms with Crippen LogP contribution in [0.1, 0.15) is 11.1 Å². The average molecular weight is 468 g/mol. The van der Waals surface area contributed by atoms with Crippen LogP contribution in [0.25, 0.3) is 9.39 Å². The van der Waals surface area contributed by atoms with Gasteiger partial charge in [0, 0.05) is 14.5 Å². The van der Waals surface area contributed by atoms with E-state index in [0.717, 1.165) is 0 Å². The lowest BCUT2D eigenvalue weighted by molar-refractivity contribution is 0.606. The van der Waals surface area contributed by atoms with E-state index in [2.05, 4.69) is 15.9 Å². The minimum absolute atomic E-state index is 0.173. The molecule has 26 heavy (non-hydrogen) atoms. The van der Waals surface area contributed by atoms with Crippen LogP contribution in [0.5, 0.6) is 0 Å². The van der Waals surface area contributed by atoms with Crippen molar-refractivity contribution >= 4 is 58.4 Å². The number of benzene rings is 3. The van der Waals surface area contributed by atoms with Crippen molar-refractivity contribution < 1.29 is 8.42 Å². The first kappa shape index (κ1) is 19.2. The van der Waals surface area contributed by atoms with E-state index < -0.39 is 9.84 Å². The van der Waals surface area contributed by atoms with Gasteiger partial charge in [0.1, 0.15) is 0 Å². The highest BCUT2D eigenvalue weighted by Crippen LogP contribution is 2.38. The second-order valence-corrected chi connectivity index (χ2v) is 9.03. The molecule has 3 aromatic carbocycles. The minimum Gasteiger partial charge on any atom is -0.218 e. The van der Waals surface area contributed by atoms with E-state index in [1.807, 2.05) is 6.07 Å². The molecule has 0 aromatic heterocycles. The first-order valence-corrected chi connectivity index (χ1v) is 10.6. The Bertz CT molecular complexity index is 1040. The predicted molar refractivity (Wildman–Crippen MR) is 112 cm³/mol. The molecule has 0 aliphatic heterocycles. The largest absolute Gasteiger partial charge is 0.218 e. The second kappa shape index (κ2) is 7.97. The van der Waals surface area contributed by atoms with Gasteiger partial charge in [0.25, 0.3) is 0 Å². The highest BCUT2D eigenvalue weighted by Gasteiger charge is 2.26. The van der Waals surface area contributed by atoms with Gasteiger partial charge >= 0.3 is 0 Å². The number of rotatable bonds is 4. The van der Waals surface area contributed by atoms with Gasteiger partial charge in [-0.1, -0.05) is 65.7 Å². The lowest BCUT2D eigenvalue weighted by Crippen LogP contribution is -2.05. The summed E-state index contributed by atoms with van der Waals surface area (Å²) in [6.45, 7) is 0. The summed E-state index contributed by atoms with van der Waals surface area (Å²) in [5.74, 6) is 0. The molecule has 3 rings (SSSR count). The Labute approximate surface area is 171 Å². The molecule has 0 heterocycles. The number of hydrogen-bond acceptors (Lipinski definition) is 2. The summed E-state index contributed by atoms with van der Waals surface area (Å²) in [5.41, 5.74) is 1.30. The molecular weight excluding hydrogens is 455 g/mol. The highest BCUT2D eigenvalue weighted by atomic mass is 79.9. The third kappa shape index (κ3) is 4.04. The van der Waals surface area contributed by atoms with E-state index in [1.165, 1.54) is 12.1 Å². The van der Waals surface area contributed by atoms with Crippen LogP contribution < -0.4 is 0 Å². The summed E-state index contributed by atoms with van der Waals surface area (Å²) in [6, 6.07) is 22.1. The van der Waals surface area contributed by atoms with E-state index in [9.17, 15) is 8.42 Å². The van der Waals surface area contributed by atoms with Crippen LogP contribution in [-0.4, -0.2) is 8.42 Å². The van der Waals surface area contributed by atoms with Crippen molar-refractivity contribution in [3.8, 4) is 0 Å². The molecule has 3 aromatic rings. The summed E-state index contributed by atoms with van der Waals surface area (Å²) in [4.78, 5) is 0.356. The van der Waals surface area contributed by atoms with Crippen LogP contribution in [0.15, 0.2) is 83.8 Å². The summed E-state index contributed by atoms with van der Waals surface area (Å²) in [5, 5.41) is 1.06. The van der Waals surface area contributed by atoms with Gasteiger partial charge in [0.2, 0.25) is 9.84 Å². The van der Waals surface area contributed by atoms with Gasteiger partial charge in [-0.3, -0.25) is 0 Å². The molecule has 132 valence electrons. The van der Waals surface area contributed by atoms with Crippen molar-refractivity contribution in [1.82, 2.24) is 0 Å². The van der Waals surface area contributed by atoms with Gasteiger partial charge in [0.05, 0.1) is 9.80 Å². The molecule has 6 heteroatoms. The molecule has 0 amide bonds. The first-order chi connectivity index (χ1) is 12.4. The SMILES string of the molecule is O=S(=O)(/C(=C(\Br)c1ccc(Cl)cc1)c1ccccc1)c1ccc(Cl)cc1. The lowest BCUT2D eigenvalue weighted by atomic mass is 10.1. The fourth-order valence-electron chi connectivity index (χ4n) is 2.45. The summed E-state index contributed by atoms with van der Waals surface area (Å²) in [7, 11) is -3.79. The second-order valence-electron chi connectivity index (χ2n) is 5.47. The van der Waals surface area contributed by atoms with E-state index >= 15 is 0 Å². The Morgan fingerprint density at radius 3 is 1.73 bits per heavy atom. The number of hydrogen-bond donors (Lipinski definition) is 0. The third-order valence-corrected chi connectivity index (χ3v) is 7.22. The van der Waals surface area contributed by atoms with Crippen molar-refractivity contribution in [2.24, 2.45) is 0 Å². The van der Waals surface area contributed by atoms with Crippen LogP contribution in [-0.2, 0) is 9.84 Å². The predicted octanol–water partition coefficient (Wildman–Crippen LogP) is 6.69. The van der Waals surface area contributed by atoms with E-state index in [4.69, 9.17) is 23.2 Å². The van der Waals surface area contributed by atoms with E-state index in [1.54, 1.807) is 60.7 Å². The molecular formula is C20H13BrCl2O2S. The molecule has 0 spiro atoms. The van der Waals surface area contributed by atoms with Crippen LogP contribution in [0.4, 0.5) is 0 Å². The Balaban J connectivity index is 2.26. The maximum absolute atomic E-state index is 13.4. The maximum Gasteiger partial charge on any atom is 0.208 e. The van der Waals surface area contributed by atoms with Crippen LogP contribution >= 0.6 is 39.1 Å². The molecule has 0 bridgehead atoms. The van der Waals surface area contributed by atoms with Crippen molar-refractivity contribution in [2.45, 2.75) is 4.90 Å².